The lowest BCUT2D eigenvalue weighted by Crippen LogP contribution is -2.45. The van der Waals surface area contributed by atoms with Gasteiger partial charge in [0.1, 0.15) is 6.23 Å². The lowest BCUT2D eigenvalue weighted by atomic mass is 10.0. The average Bonchev–Trinajstić information content (AvgIpc) is 3.29. The van der Waals surface area contributed by atoms with Gasteiger partial charge in [0.25, 0.3) is 0 Å². The van der Waals surface area contributed by atoms with Crippen molar-refractivity contribution in [3.63, 3.8) is 0 Å². The number of aromatic amines is 1. The highest BCUT2D eigenvalue weighted by molar-refractivity contribution is 5.72. The molecule has 0 spiro atoms. The van der Waals surface area contributed by atoms with Crippen molar-refractivity contribution in [2.24, 2.45) is 0 Å². The van der Waals surface area contributed by atoms with Crippen LogP contribution in [-0.4, -0.2) is 59.5 Å². The van der Waals surface area contributed by atoms with Crippen LogP contribution in [0.4, 0.5) is 18.9 Å². The number of alkyl halides is 3. The standard InChI is InChI=1S/C25H30F3N5O/c1-16(2)29-24(34)19-6-4-5-17(13-19)21-15-22(31-30-21)18-7-8-23(20(14-18)25(26,27)28)33-11-9-32(3)10-12-33/h4-8,13-16,24,29,34H,9-12H2,1-3H3,(H,30,31). The molecule has 1 aliphatic rings. The van der Waals surface area contributed by atoms with Crippen molar-refractivity contribution in [3.05, 3.63) is 59.7 Å². The predicted octanol–water partition coefficient (Wildman–Crippen LogP) is 4.50. The van der Waals surface area contributed by atoms with Crippen LogP contribution in [0.1, 0.15) is 31.2 Å². The van der Waals surface area contributed by atoms with Crippen molar-refractivity contribution < 1.29 is 18.3 Å². The third-order valence-electron chi connectivity index (χ3n) is 6.02. The summed E-state index contributed by atoms with van der Waals surface area (Å²) in [7, 11) is 1.97. The second kappa shape index (κ2) is 9.77. The molecule has 1 aliphatic heterocycles. The molecule has 1 aromatic heterocycles. The number of rotatable bonds is 6. The smallest absolute Gasteiger partial charge is 0.374 e. The van der Waals surface area contributed by atoms with Gasteiger partial charge in [-0.25, -0.2) is 0 Å². The van der Waals surface area contributed by atoms with Crippen LogP contribution in [0.3, 0.4) is 0 Å². The predicted molar refractivity (Wildman–Crippen MR) is 127 cm³/mol. The van der Waals surface area contributed by atoms with E-state index in [2.05, 4.69) is 20.4 Å². The number of likely N-dealkylation sites (N-methyl/N-ethyl adjacent to an activating group) is 1. The Morgan fingerprint density at radius 3 is 2.41 bits per heavy atom. The quantitative estimate of drug-likeness (QED) is 0.460. The number of H-pyrrole nitrogens is 1. The van der Waals surface area contributed by atoms with Crippen LogP contribution in [-0.2, 0) is 6.18 Å². The maximum absolute atomic E-state index is 14.0. The van der Waals surface area contributed by atoms with E-state index in [1.807, 2.05) is 45.2 Å². The van der Waals surface area contributed by atoms with E-state index in [4.69, 9.17) is 0 Å². The minimum absolute atomic E-state index is 0.104. The van der Waals surface area contributed by atoms with Gasteiger partial charge in [-0.1, -0.05) is 24.3 Å². The second-order valence-corrected chi connectivity index (χ2v) is 9.04. The van der Waals surface area contributed by atoms with Crippen molar-refractivity contribution in [2.45, 2.75) is 32.3 Å². The summed E-state index contributed by atoms with van der Waals surface area (Å²) < 4.78 is 41.9. The molecule has 0 bridgehead atoms. The first-order valence-electron chi connectivity index (χ1n) is 11.4. The Balaban J connectivity index is 1.62. The van der Waals surface area contributed by atoms with Gasteiger partial charge in [-0.15, -0.1) is 0 Å². The van der Waals surface area contributed by atoms with E-state index in [-0.39, 0.29) is 11.7 Å². The summed E-state index contributed by atoms with van der Waals surface area (Å²) in [5, 5.41) is 20.6. The Morgan fingerprint density at radius 1 is 1.00 bits per heavy atom. The molecular weight excluding hydrogens is 443 g/mol. The van der Waals surface area contributed by atoms with Gasteiger partial charge in [0.15, 0.2) is 0 Å². The molecular formula is C25H30F3N5O. The summed E-state index contributed by atoms with van der Waals surface area (Å²) in [6.07, 6.45) is -5.29. The van der Waals surface area contributed by atoms with Crippen molar-refractivity contribution in [1.29, 1.82) is 0 Å². The Bertz CT molecular complexity index is 1120. The van der Waals surface area contributed by atoms with E-state index >= 15 is 0 Å². The molecule has 34 heavy (non-hydrogen) atoms. The first kappa shape index (κ1) is 24.3. The summed E-state index contributed by atoms with van der Waals surface area (Å²) in [6, 6.07) is 13.6. The molecule has 0 saturated carbocycles. The van der Waals surface area contributed by atoms with Gasteiger partial charge in [-0.3, -0.25) is 10.4 Å². The Kier molecular flexibility index (Phi) is 6.97. The lowest BCUT2D eigenvalue weighted by Gasteiger charge is -2.35. The van der Waals surface area contributed by atoms with Gasteiger partial charge in [0.05, 0.1) is 17.0 Å². The molecule has 4 rings (SSSR count). The number of benzene rings is 2. The third-order valence-corrected chi connectivity index (χ3v) is 6.02. The van der Waals surface area contributed by atoms with E-state index < -0.39 is 18.0 Å². The van der Waals surface area contributed by atoms with E-state index in [1.165, 1.54) is 6.07 Å². The lowest BCUT2D eigenvalue weighted by molar-refractivity contribution is -0.137. The SMILES string of the molecule is CC(C)NC(O)c1cccc(-c2cc(-c3ccc(N4CCN(C)CC4)c(C(F)(F)F)c3)[nH]n2)c1. The van der Waals surface area contributed by atoms with Crippen molar-refractivity contribution >= 4 is 5.69 Å². The van der Waals surface area contributed by atoms with Gasteiger partial charge < -0.3 is 14.9 Å². The van der Waals surface area contributed by atoms with Crippen LogP contribution in [0.5, 0.6) is 0 Å². The number of halogens is 3. The first-order chi connectivity index (χ1) is 16.1. The Labute approximate surface area is 197 Å². The van der Waals surface area contributed by atoms with Gasteiger partial charge in [-0.05, 0) is 50.7 Å². The number of aromatic nitrogens is 2. The fourth-order valence-corrected chi connectivity index (χ4v) is 4.15. The van der Waals surface area contributed by atoms with E-state index in [0.29, 0.717) is 35.6 Å². The van der Waals surface area contributed by atoms with Crippen molar-refractivity contribution in [1.82, 2.24) is 20.4 Å². The van der Waals surface area contributed by atoms with Crippen LogP contribution >= 0.6 is 0 Å². The van der Waals surface area contributed by atoms with Crippen LogP contribution in [0.2, 0.25) is 0 Å². The molecule has 1 saturated heterocycles. The molecule has 0 aliphatic carbocycles. The normalized spacial score (nSPS) is 16.3. The molecule has 2 aromatic carbocycles. The molecule has 1 unspecified atom stereocenters. The van der Waals surface area contributed by atoms with Gasteiger partial charge >= 0.3 is 6.18 Å². The van der Waals surface area contributed by atoms with E-state index in [1.54, 1.807) is 23.1 Å². The molecule has 6 nitrogen and oxygen atoms in total. The molecule has 1 atom stereocenters. The maximum atomic E-state index is 14.0. The monoisotopic (exact) mass is 473 g/mol. The van der Waals surface area contributed by atoms with Crippen LogP contribution in [0, 0.1) is 0 Å². The first-order valence-corrected chi connectivity index (χ1v) is 11.4. The molecule has 1 fully saturated rings. The van der Waals surface area contributed by atoms with Gasteiger partial charge in [-0.2, -0.15) is 18.3 Å². The number of nitrogens with one attached hydrogen (secondary N) is 2. The summed E-state index contributed by atoms with van der Waals surface area (Å²) >= 11 is 0. The van der Waals surface area contributed by atoms with Crippen molar-refractivity contribution in [2.75, 3.05) is 38.1 Å². The van der Waals surface area contributed by atoms with Crippen molar-refractivity contribution in [3.8, 4) is 22.5 Å². The highest BCUT2D eigenvalue weighted by atomic mass is 19.4. The van der Waals surface area contributed by atoms with Gasteiger partial charge in [0, 0.05) is 49.0 Å². The summed E-state index contributed by atoms with van der Waals surface area (Å²) in [5.41, 5.74) is 2.52. The molecule has 182 valence electrons. The minimum atomic E-state index is -4.47. The molecule has 0 radical (unpaired) electrons. The third kappa shape index (κ3) is 5.43. The van der Waals surface area contributed by atoms with E-state index in [9.17, 15) is 18.3 Å². The average molecular weight is 474 g/mol. The fraction of sp³-hybridized carbons (Fsp3) is 0.400. The molecule has 9 heteroatoms. The molecule has 2 heterocycles. The summed E-state index contributed by atoms with van der Waals surface area (Å²) in [6.45, 7) is 6.45. The van der Waals surface area contributed by atoms with E-state index in [0.717, 1.165) is 18.7 Å². The number of hydrogen-bond donors (Lipinski definition) is 3. The number of hydrogen-bond acceptors (Lipinski definition) is 5. The number of nitrogens with zero attached hydrogens (tertiary/aromatic N) is 3. The highest BCUT2D eigenvalue weighted by Gasteiger charge is 2.36. The Morgan fingerprint density at radius 2 is 1.74 bits per heavy atom. The molecule has 0 amide bonds. The topological polar surface area (TPSA) is 67.4 Å². The zero-order valence-electron chi connectivity index (χ0n) is 19.5. The number of aliphatic hydroxyl groups excluding tert-OH is 1. The summed E-state index contributed by atoms with van der Waals surface area (Å²) in [5.74, 6) is 0. The minimum Gasteiger partial charge on any atom is -0.374 e. The maximum Gasteiger partial charge on any atom is 0.418 e. The van der Waals surface area contributed by atoms with Crippen LogP contribution in [0.15, 0.2) is 48.5 Å². The van der Waals surface area contributed by atoms with Crippen LogP contribution in [0.25, 0.3) is 22.5 Å². The summed E-state index contributed by atoms with van der Waals surface area (Å²) in [4.78, 5) is 3.91. The second-order valence-electron chi connectivity index (χ2n) is 9.04. The molecule has 3 aromatic rings. The number of aliphatic hydroxyl groups is 1. The number of piperazine rings is 1. The van der Waals surface area contributed by atoms with Gasteiger partial charge in [0.2, 0.25) is 0 Å². The largest absolute Gasteiger partial charge is 0.418 e. The number of anilines is 1. The zero-order valence-corrected chi connectivity index (χ0v) is 19.5. The fourth-order valence-electron chi connectivity index (χ4n) is 4.15. The zero-order chi connectivity index (χ0) is 24.5. The highest BCUT2D eigenvalue weighted by Crippen LogP contribution is 2.39. The molecule has 3 N–H and O–H groups in total. The van der Waals surface area contributed by atoms with Crippen LogP contribution < -0.4 is 10.2 Å². The Hall–Kier alpha value is -2.88.